The summed E-state index contributed by atoms with van der Waals surface area (Å²) in [4.78, 5) is 23.7. The van der Waals surface area contributed by atoms with Crippen LogP contribution < -0.4 is 5.32 Å². The molecule has 92 valence electrons. The Kier molecular flexibility index (Phi) is 6.22. The Morgan fingerprint density at radius 2 is 2.06 bits per heavy atom. The van der Waals surface area contributed by atoms with E-state index < -0.39 is 5.97 Å². The van der Waals surface area contributed by atoms with Gasteiger partial charge in [0.1, 0.15) is 0 Å². The Hall–Kier alpha value is -1.52. The van der Waals surface area contributed by atoms with Gasteiger partial charge in [-0.05, 0) is 20.8 Å². The summed E-state index contributed by atoms with van der Waals surface area (Å²) in [5, 5.41) is 11.3. The van der Waals surface area contributed by atoms with Crippen molar-refractivity contribution in [1.29, 1.82) is 0 Å². The molecular weight excluding hydrogens is 208 g/mol. The topological polar surface area (TPSA) is 69.6 Å². The molecule has 2 amide bonds. The van der Waals surface area contributed by atoms with E-state index >= 15 is 0 Å². The van der Waals surface area contributed by atoms with Gasteiger partial charge in [-0.1, -0.05) is 12.2 Å². The van der Waals surface area contributed by atoms with Gasteiger partial charge in [0.2, 0.25) is 0 Å². The molecule has 0 aliphatic heterocycles. The fraction of sp³-hybridized carbons (Fsp3) is 0.636. The number of amides is 2. The molecule has 2 N–H and O–H groups in total. The van der Waals surface area contributed by atoms with Gasteiger partial charge in [-0.15, -0.1) is 0 Å². The van der Waals surface area contributed by atoms with Crippen molar-refractivity contribution in [3.8, 4) is 0 Å². The van der Waals surface area contributed by atoms with Crippen molar-refractivity contribution in [2.45, 2.75) is 33.2 Å². The fourth-order valence-electron chi connectivity index (χ4n) is 1.35. The molecule has 0 aromatic rings. The van der Waals surface area contributed by atoms with Gasteiger partial charge < -0.3 is 15.3 Å². The number of nitrogens with zero attached hydrogens (tertiary/aromatic N) is 1. The lowest BCUT2D eigenvalue weighted by Crippen LogP contribution is -2.46. The van der Waals surface area contributed by atoms with Gasteiger partial charge in [-0.2, -0.15) is 0 Å². The van der Waals surface area contributed by atoms with E-state index in [0.29, 0.717) is 13.1 Å². The first kappa shape index (κ1) is 14.5. The van der Waals surface area contributed by atoms with Crippen LogP contribution in [0.1, 0.15) is 27.2 Å². The Morgan fingerprint density at radius 3 is 2.44 bits per heavy atom. The first-order valence-corrected chi connectivity index (χ1v) is 5.29. The zero-order valence-electron chi connectivity index (χ0n) is 10.1. The first-order valence-electron chi connectivity index (χ1n) is 5.29. The predicted octanol–water partition coefficient (Wildman–Crippen LogP) is 1.46. The lowest BCUT2D eigenvalue weighted by Gasteiger charge is -2.27. The van der Waals surface area contributed by atoms with Crippen molar-refractivity contribution in [1.82, 2.24) is 10.2 Å². The Balaban J connectivity index is 4.30. The average molecular weight is 228 g/mol. The van der Waals surface area contributed by atoms with E-state index in [4.69, 9.17) is 5.11 Å². The molecule has 5 heteroatoms. The van der Waals surface area contributed by atoms with Crippen molar-refractivity contribution >= 4 is 12.0 Å². The molecule has 16 heavy (non-hydrogen) atoms. The zero-order valence-corrected chi connectivity index (χ0v) is 10.1. The average Bonchev–Trinajstić information content (AvgIpc) is 2.14. The number of hydrogen-bond donors (Lipinski definition) is 2. The Bertz CT molecular complexity index is 276. The molecule has 1 unspecified atom stereocenters. The highest BCUT2D eigenvalue weighted by atomic mass is 16.4. The quantitative estimate of drug-likeness (QED) is 0.676. The highest BCUT2D eigenvalue weighted by molar-refractivity contribution is 5.76. The summed E-state index contributed by atoms with van der Waals surface area (Å²) in [7, 11) is 0. The standard InChI is InChI=1S/C11H20N2O3/c1-5-13(9(4)6-10(14)15)11(16)12-7-8(2)3/h9H,2,5-7H2,1,3-4H3,(H,12,16)(H,14,15). The summed E-state index contributed by atoms with van der Waals surface area (Å²) < 4.78 is 0. The summed E-state index contributed by atoms with van der Waals surface area (Å²) in [5.74, 6) is -0.904. The summed E-state index contributed by atoms with van der Waals surface area (Å²) in [6.07, 6.45) is -0.0473. The molecule has 0 aliphatic carbocycles. The Labute approximate surface area is 96.1 Å². The van der Waals surface area contributed by atoms with E-state index in [-0.39, 0.29) is 18.5 Å². The lowest BCUT2D eigenvalue weighted by molar-refractivity contribution is -0.138. The number of carboxylic acid groups (broad SMARTS) is 1. The molecule has 0 spiro atoms. The summed E-state index contributed by atoms with van der Waals surface area (Å²) in [5.41, 5.74) is 0.857. The first-order chi connectivity index (χ1) is 7.38. The molecule has 0 bridgehead atoms. The van der Waals surface area contributed by atoms with Crippen molar-refractivity contribution in [2.75, 3.05) is 13.1 Å². The molecule has 0 rings (SSSR count). The van der Waals surface area contributed by atoms with Gasteiger partial charge in [0, 0.05) is 19.1 Å². The number of urea groups is 1. The van der Waals surface area contributed by atoms with Crippen molar-refractivity contribution in [3.63, 3.8) is 0 Å². The summed E-state index contributed by atoms with van der Waals surface area (Å²) in [6, 6.07) is -0.563. The normalized spacial score (nSPS) is 11.7. The van der Waals surface area contributed by atoms with E-state index in [1.54, 1.807) is 6.92 Å². The third kappa shape index (κ3) is 5.38. The molecule has 1 atom stereocenters. The van der Waals surface area contributed by atoms with Crippen molar-refractivity contribution in [2.24, 2.45) is 0 Å². The molecule has 0 saturated heterocycles. The summed E-state index contributed by atoms with van der Waals surface area (Å²) in [6.45, 7) is 9.93. The van der Waals surface area contributed by atoms with E-state index in [0.717, 1.165) is 5.57 Å². The molecule has 0 radical (unpaired) electrons. The maximum atomic E-state index is 11.7. The molecular formula is C11H20N2O3. The minimum Gasteiger partial charge on any atom is -0.481 e. The van der Waals surface area contributed by atoms with Crippen LogP contribution in [0, 0.1) is 0 Å². The van der Waals surface area contributed by atoms with E-state index in [1.807, 2.05) is 13.8 Å². The second-order valence-corrected chi connectivity index (χ2v) is 3.85. The largest absolute Gasteiger partial charge is 0.481 e. The lowest BCUT2D eigenvalue weighted by atomic mass is 10.2. The Morgan fingerprint density at radius 1 is 1.50 bits per heavy atom. The third-order valence-corrected chi connectivity index (χ3v) is 2.15. The molecule has 0 aromatic carbocycles. The number of rotatable bonds is 6. The maximum absolute atomic E-state index is 11.7. The molecule has 0 aromatic heterocycles. The predicted molar refractivity (Wildman–Crippen MR) is 62.3 cm³/mol. The monoisotopic (exact) mass is 228 g/mol. The molecule has 5 nitrogen and oxygen atoms in total. The zero-order chi connectivity index (χ0) is 12.7. The smallest absolute Gasteiger partial charge is 0.317 e. The van der Waals surface area contributed by atoms with Gasteiger partial charge in [-0.25, -0.2) is 4.79 Å². The van der Waals surface area contributed by atoms with Gasteiger partial charge in [0.25, 0.3) is 0 Å². The summed E-state index contributed by atoms with van der Waals surface area (Å²) >= 11 is 0. The minimum absolute atomic E-state index is 0.0473. The number of carbonyl (C=O) groups excluding carboxylic acids is 1. The van der Waals surface area contributed by atoms with E-state index in [1.165, 1.54) is 4.90 Å². The van der Waals surface area contributed by atoms with E-state index in [9.17, 15) is 9.59 Å². The van der Waals surface area contributed by atoms with Crippen LogP contribution in [0.4, 0.5) is 4.79 Å². The highest BCUT2D eigenvalue weighted by Crippen LogP contribution is 2.04. The molecule has 0 fully saturated rings. The SMILES string of the molecule is C=C(C)CNC(=O)N(CC)C(C)CC(=O)O. The van der Waals surface area contributed by atoms with Crippen LogP contribution in [0.3, 0.4) is 0 Å². The second-order valence-electron chi connectivity index (χ2n) is 3.85. The number of hydrogen-bond acceptors (Lipinski definition) is 2. The van der Waals surface area contributed by atoms with Crippen LogP contribution in [-0.4, -0.2) is 41.1 Å². The number of nitrogens with one attached hydrogen (secondary N) is 1. The van der Waals surface area contributed by atoms with Crippen LogP contribution in [-0.2, 0) is 4.79 Å². The molecule has 0 saturated carbocycles. The number of carbonyl (C=O) groups is 2. The van der Waals surface area contributed by atoms with Crippen LogP contribution in [0.25, 0.3) is 0 Å². The van der Waals surface area contributed by atoms with Crippen LogP contribution in [0.5, 0.6) is 0 Å². The molecule has 0 heterocycles. The maximum Gasteiger partial charge on any atom is 0.317 e. The fourth-order valence-corrected chi connectivity index (χ4v) is 1.35. The van der Waals surface area contributed by atoms with Crippen molar-refractivity contribution in [3.05, 3.63) is 12.2 Å². The number of carboxylic acids is 1. The van der Waals surface area contributed by atoms with Gasteiger partial charge in [0.15, 0.2) is 0 Å². The minimum atomic E-state index is -0.904. The molecule has 0 aliphatic rings. The second kappa shape index (κ2) is 6.87. The highest BCUT2D eigenvalue weighted by Gasteiger charge is 2.20. The van der Waals surface area contributed by atoms with Crippen LogP contribution >= 0.6 is 0 Å². The van der Waals surface area contributed by atoms with Crippen LogP contribution in [0.2, 0.25) is 0 Å². The van der Waals surface area contributed by atoms with Crippen LogP contribution in [0.15, 0.2) is 12.2 Å². The van der Waals surface area contributed by atoms with E-state index in [2.05, 4.69) is 11.9 Å². The van der Waals surface area contributed by atoms with Crippen molar-refractivity contribution < 1.29 is 14.7 Å². The third-order valence-electron chi connectivity index (χ3n) is 2.15. The number of aliphatic carboxylic acids is 1. The van der Waals surface area contributed by atoms with Gasteiger partial charge in [-0.3, -0.25) is 4.79 Å². The van der Waals surface area contributed by atoms with Gasteiger partial charge >= 0.3 is 12.0 Å². The van der Waals surface area contributed by atoms with Gasteiger partial charge in [0.05, 0.1) is 6.42 Å².